The lowest BCUT2D eigenvalue weighted by Gasteiger charge is -2.26. The summed E-state index contributed by atoms with van der Waals surface area (Å²) >= 11 is 0. The van der Waals surface area contributed by atoms with E-state index in [1.54, 1.807) is 0 Å². The molecule has 0 bridgehead atoms. The lowest BCUT2D eigenvalue weighted by molar-refractivity contribution is -0.174. The van der Waals surface area contributed by atoms with Crippen LogP contribution in [0.5, 0.6) is 0 Å². The standard InChI is InChI=1S/C8H13F3N2O/c1-7(2)4-12-3-5(7)13-6(14)8(9,10)11/h5,12H,3-4H2,1-2H3,(H,13,14)/t5-/m1/s1. The van der Waals surface area contributed by atoms with Crippen LogP contribution in [0.4, 0.5) is 13.2 Å². The van der Waals surface area contributed by atoms with Gasteiger partial charge in [0.25, 0.3) is 0 Å². The van der Waals surface area contributed by atoms with Crippen molar-refractivity contribution >= 4 is 5.91 Å². The van der Waals surface area contributed by atoms with Crippen LogP contribution in [0.3, 0.4) is 0 Å². The monoisotopic (exact) mass is 210 g/mol. The Kier molecular flexibility index (Phi) is 2.76. The van der Waals surface area contributed by atoms with E-state index in [1.807, 2.05) is 19.2 Å². The van der Waals surface area contributed by atoms with E-state index in [0.717, 1.165) is 0 Å². The van der Waals surface area contributed by atoms with Crippen LogP contribution in [-0.2, 0) is 4.79 Å². The zero-order chi connectivity index (χ0) is 11.0. The molecule has 6 heteroatoms. The molecule has 0 radical (unpaired) electrons. The average Bonchev–Trinajstić information content (AvgIpc) is 2.29. The van der Waals surface area contributed by atoms with Crippen LogP contribution in [0.1, 0.15) is 13.8 Å². The van der Waals surface area contributed by atoms with E-state index in [4.69, 9.17) is 0 Å². The molecule has 1 atom stereocenters. The number of carbonyl (C=O) groups excluding carboxylic acids is 1. The second-order valence-corrected chi connectivity index (χ2v) is 4.14. The van der Waals surface area contributed by atoms with Crippen molar-refractivity contribution in [1.29, 1.82) is 0 Å². The highest BCUT2D eigenvalue weighted by molar-refractivity contribution is 5.82. The van der Waals surface area contributed by atoms with Gasteiger partial charge in [0.1, 0.15) is 0 Å². The predicted molar refractivity (Wildman–Crippen MR) is 44.6 cm³/mol. The highest BCUT2D eigenvalue weighted by Crippen LogP contribution is 2.25. The van der Waals surface area contributed by atoms with Gasteiger partial charge in [-0.2, -0.15) is 13.2 Å². The summed E-state index contributed by atoms with van der Waals surface area (Å²) in [6, 6.07) is -0.461. The summed E-state index contributed by atoms with van der Waals surface area (Å²) in [4.78, 5) is 10.6. The molecule has 1 rings (SSSR count). The number of nitrogens with one attached hydrogen (secondary N) is 2. The Labute approximate surface area is 80.0 Å². The summed E-state index contributed by atoms with van der Waals surface area (Å²) in [5.74, 6) is -1.86. The maximum Gasteiger partial charge on any atom is 0.471 e. The van der Waals surface area contributed by atoms with Gasteiger partial charge in [-0.1, -0.05) is 13.8 Å². The molecule has 0 saturated carbocycles. The molecule has 1 amide bonds. The van der Waals surface area contributed by atoms with Gasteiger partial charge in [0.15, 0.2) is 0 Å². The molecular formula is C8H13F3N2O. The van der Waals surface area contributed by atoms with Gasteiger partial charge in [0.05, 0.1) is 0 Å². The molecule has 14 heavy (non-hydrogen) atoms. The van der Waals surface area contributed by atoms with Crippen molar-refractivity contribution < 1.29 is 18.0 Å². The van der Waals surface area contributed by atoms with Gasteiger partial charge >= 0.3 is 12.1 Å². The van der Waals surface area contributed by atoms with E-state index in [2.05, 4.69) is 5.32 Å². The van der Waals surface area contributed by atoms with Gasteiger partial charge in [0.2, 0.25) is 0 Å². The fourth-order valence-electron chi connectivity index (χ4n) is 1.42. The zero-order valence-electron chi connectivity index (χ0n) is 8.03. The maximum absolute atomic E-state index is 11.9. The predicted octanol–water partition coefficient (Wildman–Crippen LogP) is 0.663. The molecule has 0 unspecified atom stereocenters. The lowest BCUT2D eigenvalue weighted by Crippen LogP contribution is -2.49. The first-order valence-electron chi connectivity index (χ1n) is 4.32. The van der Waals surface area contributed by atoms with Crippen molar-refractivity contribution in [3.63, 3.8) is 0 Å². The first kappa shape index (κ1) is 11.3. The Morgan fingerprint density at radius 2 is 2.07 bits per heavy atom. The van der Waals surface area contributed by atoms with Gasteiger partial charge in [-0.15, -0.1) is 0 Å². The van der Waals surface area contributed by atoms with Crippen molar-refractivity contribution in [3.05, 3.63) is 0 Å². The Morgan fingerprint density at radius 3 is 2.43 bits per heavy atom. The third kappa shape index (κ3) is 2.37. The first-order chi connectivity index (χ1) is 6.23. The normalized spacial score (nSPS) is 26.2. The van der Waals surface area contributed by atoms with Crippen molar-refractivity contribution in [1.82, 2.24) is 10.6 Å². The molecule has 1 fully saturated rings. The van der Waals surface area contributed by atoms with Crippen LogP contribution in [-0.4, -0.2) is 31.2 Å². The lowest BCUT2D eigenvalue weighted by atomic mass is 9.88. The van der Waals surface area contributed by atoms with E-state index in [0.29, 0.717) is 13.1 Å². The third-order valence-electron chi connectivity index (χ3n) is 2.44. The molecule has 0 spiro atoms. The van der Waals surface area contributed by atoms with Crippen LogP contribution in [0.25, 0.3) is 0 Å². The summed E-state index contributed by atoms with van der Waals surface area (Å²) < 4.78 is 35.8. The molecule has 1 aliphatic rings. The molecule has 2 N–H and O–H groups in total. The van der Waals surface area contributed by atoms with E-state index < -0.39 is 18.1 Å². The minimum absolute atomic E-state index is 0.332. The van der Waals surface area contributed by atoms with Crippen LogP contribution < -0.4 is 10.6 Å². The molecular weight excluding hydrogens is 197 g/mol. The zero-order valence-corrected chi connectivity index (χ0v) is 8.03. The fourth-order valence-corrected chi connectivity index (χ4v) is 1.42. The Bertz CT molecular complexity index is 237. The Morgan fingerprint density at radius 1 is 1.50 bits per heavy atom. The van der Waals surface area contributed by atoms with Crippen LogP contribution in [0.15, 0.2) is 0 Å². The van der Waals surface area contributed by atoms with E-state index in [-0.39, 0.29) is 5.41 Å². The summed E-state index contributed by atoms with van der Waals surface area (Å²) in [6.45, 7) is 4.62. The van der Waals surface area contributed by atoms with E-state index in [9.17, 15) is 18.0 Å². The number of alkyl halides is 3. The SMILES string of the molecule is CC1(C)CNC[C@H]1NC(=O)C(F)(F)F. The van der Waals surface area contributed by atoms with Crippen LogP contribution >= 0.6 is 0 Å². The molecule has 0 aromatic rings. The summed E-state index contributed by atoms with van der Waals surface area (Å²) in [5, 5.41) is 4.92. The van der Waals surface area contributed by atoms with Crippen LogP contribution in [0, 0.1) is 5.41 Å². The van der Waals surface area contributed by atoms with Gasteiger partial charge in [-0.05, 0) is 5.41 Å². The molecule has 0 aliphatic carbocycles. The van der Waals surface area contributed by atoms with E-state index >= 15 is 0 Å². The molecule has 82 valence electrons. The van der Waals surface area contributed by atoms with Gasteiger partial charge < -0.3 is 10.6 Å². The minimum Gasteiger partial charge on any atom is -0.344 e. The smallest absolute Gasteiger partial charge is 0.344 e. The van der Waals surface area contributed by atoms with Gasteiger partial charge in [-0.25, -0.2) is 0 Å². The van der Waals surface area contributed by atoms with Crippen molar-refractivity contribution in [2.24, 2.45) is 5.41 Å². The molecule has 0 aromatic heterocycles. The summed E-state index contributed by atoms with van der Waals surface area (Å²) in [5.41, 5.74) is -0.332. The summed E-state index contributed by atoms with van der Waals surface area (Å²) in [6.07, 6.45) is -4.79. The molecule has 1 heterocycles. The van der Waals surface area contributed by atoms with Gasteiger partial charge in [0, 0.05) is 19.1 Å². The van der Waals surface area contributed by atoms with Crippen molar-refractivity contribution in [2.75, 3.05) is 13.1 Å². The summed E-state index contributed by atoms with van der Waals surface area (Å²) in [7, 11) is 0. The second-order valence-electron chi connectivity index (χ2n) is 4.14. The number of hydrogen-bond acceptors (Lipinski definition) is 2. The van der Waals surface area contributed by atoms with Crippen LogP contribution in [0.2, 0.25) is 0 Å². The Hall–Kier alpha value is -0.780. The highest BCUT2D eigenvalue weighted by Gasteiger charge is 2.43. The topological polar surface area (TPSA) is 41.1 Å². The molecule has 0 aromatic carbocycles. The number of halogens is 3. The first-order valence-corrected chi connectivity index (χ1v) is 4.32. The number of amides is 1. The second kappa shape index (κ2) is 3.42. The van der Waals surface area contributed by atoms with Crippen molar-refractivity contribution in [3.8, 4) is 0 Å². The van der Waals surface area contributed by atoms with E-state index in [1.165, 1.54) is 0 Å². The number of carbonyl (C=O) groups is 1. The largest absolute Gasteiger partial charge is 0.471 e. The number of rotatable bonds is 1. The number of hydrogen-bond donors (Lipinski definition) is 2. The average molecular weight is 210 g/mol. The quantitative estimate of drug-likeness (QED) is 0.667. The molecule has 3 nitrogen and oxygen atoms in total. The molecule has 1 saturated heterocycles. The highest BCUT2D eigenvalue weighted by atomic mass is 19.4. The maximum atomic E-state index is 11.9. The third-order valence-corrected chi connectivity index (χ3v) is 2.44. The Balaban J connectivity index is 2.57. The van der Waals surface area contributed by atoms with Crippen molar-refractivity contribution in [2.45, 2.75) is 26.1 Å². The minimum atomic E-state index is -4.79. The fraction of sp³-hybridized carbons (Fsp3) is 0.875. The molecule has 1 aliphatic heterocycles. The van der Waals surface area contributed by atoms with Gasteiger partial charge in [-0.3, -0.25) is 4.79 Å².